The Morgan fingerprint density at radius 3 is 2.46 bits per heavy atom. The number of aromatic hydroxyl groups is 1. The van der Waals surface area contributed by atoms with E-state index in [1.54, 1.807) is 15.9 Å². The van der Waals surface area contributed by atoms with Crippen molar-refractivity contribution >= 4 is 16.3 Å². The Hall–Kier alpha value is -1.96. The number of hydrogen-bond donors (Lipinski definition) is 1. The van der Waals surface area contributed by atoms with Crippen molar-refractivity contribution in [2.24, 2.45) is 0 Å². The molecule has 138 valence electrons. The highest BCUT2D eigenvalue weighted by atomic mass is 32.1. The first-order chi connectivity index (χ1) is 12.7. The topological polar surface area (TPSA) is 56.9 Å². The van der Waals surface area contributed by atoms with Crippen LogP contribution in [0.25, 0.3) is 4.96 Å². The molecule has 1 fully saturated rings. The van der Waals surface area contributed by atoms with Crippen LogP contribution in [0.2, 0.25) is 0 Å². The van der Waals surface area contributed by atoms with Gasteiger partial charge in [-0.1, -0.05) is 55.5 Å². The normalized spacial score (nSPS) is 17.8. The summed E-state index contributed by atoms with van der Waals surface area (Å²) in [5.74, 6) is 0.995. The lowest BCUT2D eigenvalue weighted by Gasteiger charge is -2.38. The van der Waals surface area contributed by atoms with E-state index in [9.17, 15) is 5.11 Å². The first-order valence-electron chi connectivity index (χ1n) is 9.30. The molecule has 1 aromatic carbocycles. The van der Waals surface area contributed by atoms with Gasteiger partial charge in [-0.05, 0) is 12.1 Å². The van der Waals surface area contributed by atoms with Crippen LogP contribution in [0.4, 0.5) is 0 Å². The van der Waals surface area contributed by atoms with Crippen LogP contribution in [-0.4, -0.2) is 62.2 Å². The Labute approximate surface area is 157 Å². The minimum absolute atomic E-state index is 0.0359. The Bertz CT molecular complexity index is 867. The maximum atomic E-state index is 10.9. The van der Waals surface area contributed by atoms with Crippen molar-refractivity contribution in [1.29, 1.82) is 0 Å². The molecule has 26 heavy (non-hydrogen) atoms. The number of benzene rings is 1. The first-order valence-corrected chi connectivity index (χ1v) is 10.1. The van der Waals surface area contributed by atoms with Gasteiger partial charge in [0, 0.05) is 32.6 Å². The van der Waals surface area contributed by atoms with Crippen molar-refractivity contribution in [2.45, 2.75) is 26.3 Å². The summed E-state index contributed by atoms with van der Waals surface area (Å²) in [4.78, 5) is 11.2. The third kappa shape index (κ3) is 3.11. The van der Waals surface area contributed by atoms with Gasteiger partial charge in [-0.3, -0.25) is 4.90 Å². The molecular formula is C19H25N5OS. The van der Waals surface area contributed by atoms with Crippen LogP contribution in [0.1, 0.15) is 36.2 Å². The molecule has 0 radical (unpaired) electrons. The van der Waals surface area contributed by atoms with Gasteiger partial charge >= 0.3 is 0 Å². The summed E-state index contributed by atoms with van der Waals surface area (Å²) in [6.07, 6.45) is 0.768. The van der Waals surface area contributed by atoms with Crippen LogP contribution in [0.5, 0.6) is 5.88 Å². The zero-order chi connectivity index (χ0) is 18.1. The number of piperazine rings is 1. The second-order valence-corrected chi connectivity index (χ2v) is 7.66. The standard InChI is InChI=1S/C19H25N5OS/c1-3-15-20-19-24(21-15)18(25)17(26-19)16(14-8-6-5-7-9-14)23-12-10-22(4-2)11-13-23/h5-9,16,25H,3-4,10-13H2,1-2H3/t16-/m1/s1. The zero-order valence-electron chi connectivity index (χ0n) is 15.3. The first kappa shape index (κ1) is 17.5. The van der Waals surface area contributed by atoms with Crippen LogP contribution in [-0.2, 0) is 6.42 Å². The Morgan fingerprint density at radius 2 is 1.85 bits per heavy atom. The molecule has 0 amide bonds. The van der Waals surface area contributed by atoms with Gasteiger partial charge in [0.25, 0.3) is 0 Å². The van der Waals surface area contributed by atoms with Crippen LogP contribution in [0, 0.1) is 0 Å². The van der Waals surface area contributed by atoms with Crippen molar-refractivity contribution < 1.29 is 5.11 Å². The molecule has 1 N–H and O–H groups in total. The van der Waals surface area contributed by atoms with E-state index >= 15 is 0 Å². The molecule has 6 nitrogen and oxygen atoms in total. The lowest BCUT2D eigenvalue weighted by Crippen LogP contribution is -2.47. The molecule has 2 aromatic heterocycles. The third-order valence-corrected chi connectivity index (χ3v) is 6.22. The van der Waals surface area contributed by atoms with Gasteiger partial charge < -0.3 is 10.0 Å². The van der Waals surface area contributed by atoms with Crippen molar-refractivity contribution in [2.75, 3.05) is 32.7 Å². The van der Waals surface area contributed by atoms with Crippen LogP contribution >= 0.6 is 11.3 Å². The maximum Gasteiger partial charge on any atom is 0.230 e. The number of thiazole rings is 1. The smallest absolute Gasteiger partial charge is 0.230 e. The summed E-state index contributed by atoms with van der Waals surface area (Å²) >= 11 is 1.55. The van der Waals surface area contributed by atoms with E-state index in [0.29, 0.717) is 0 Å². The minimum atomic E-state index is 0.0359. The van der Waals surface area contributed by atoms with Crippen molar-refractivity contribution in [3.8, 4) is 5.88 Å². The maximum absolute atomic E-state index is 10.9. The average Bonchev–Trinajstić information content (AvgIpc) is 3.23. The summed E-state index contributed by atoms with van der Waals surface area (Å²) in [5.41, 5.74) is 1.20. The quantitative estimate of drug-likeness (QED) is 0.747. The fourth-order valence-corrected chi connectivity index (χ4v) is 4.76. The van der Waals surface area contributed by atoms with Gasteiger partial charge in [-0.15, -0.1) is 5.10 Å². The monoisotopic (exact) mass is 371 g/mol. The van der Waals surface area contributed by atoms with Gasteiger partial charge in [0.15, 0.2) is 5.82 Å². The lowest BCUT2D eigenvalue weighted by molar-refractivity contribution is 0.113. The van der Waals surface area contributed by atoms with Crippen molar-refractivity contribution in [3.63, 3.8) is 0 Å². The molecule has 1 saturated heterocycles. The fourth-order valence-electron chi connectivity index (χ4n) is 3.62. The fraction of sp³-hybridized carbons (Fsp3) is 0.474. The van der Waals surface area contributed by atoms with E-state index < -0.39 is 0 Å². The molecule has 3 aromatic rings. The van der Waals surface area contributed by atoms with Gasteiger partial charge in [0.1, 0.15) is 0 Å². The Morgan fingerprint density at radius 1 is 1.12 bits per heavy atom. The Kier molecular flexibility index (Phi) is 4.93. The summed E-state index contributed by atoms with van der Waals surface area (Å²) in [6.45, 7) is 9.41. The van der Waals surface area contributed by atoms with E-state index in [0.717, 1.165) is 54.8 Å². The number of fused-ring (bicyclic) bond motifs is 1. The van der Waals surface area contributed by atoms with Crippen LogP contribution in [0.15, 0.2) is 30.3 Å². The summed E-state index contributed by atoms with van der Waals surface area (Å²) in [7, 11) is 0. The number of aromatic nitrogens is 3. The van der Waals surface area contributed by atoms with E-state index in [2.05, 4.69) is 51.1 Å². The van der Waals surface area contributed by atoms with E-state index in [1.807, 2.05) is 13.0 Å². The predicted molar refractivity (Wildman–Crippen MR) is 104 cm³/mol. The third-order valence-electron chi connectivity index (χ3n) is 5.14. The molecule has 0 spiro atoms. The molecule has 0 bridgehead atoms. The van der Waals surface area contributed by atoms with Gasteiger partial charge in [0.2, 0.25) is 10.8 Å². The molecule has 1 aliphatic heterocycles. The molecule has 0 aliphatic carbocycles. The highest BCUT2D eigenvalue weighted by molar-refractivity contribution is 7.17. The number of nitrogens with zero attached hydrogens (tertiary/aromatic N) is 5. The molecule has 7 heteroatoms. The number of aryl methyl sites for hydroxylation is 1. The average molecular weight is 372 g/mol. The van der Waals surface area contributed by atoms with E-state index in [4.69, 9.17) is 0 Å². The molecule has 0 saturated carbocycles. The molecule has 1 aliphatic rings. The largest absolute Gasteiger partial charge is 0.492 e. The second kappa shape index (κ2) is 7.34. The van der Waals surface area contributed by atoms with Crippen LogP contribution < -0.4 is 0 Å². The molecular weight excluding hydrogens is 346 g/mol. The zero-order valence-corrected chi connectivity index (χ0v) is 16.1. The highest BCUT2D eigenvalue weighted by Gasteiger charge is 2.31. The SMILES string of the molecule is CCc1nc2sc([C@@H](c3ccccc3)N3CCN(CC)CC3)c(O)n2n1. The molecule has 1 atom stereocenters. The van der Waals surface area contributed by atoms with E-state index in [-0.39, 0.29) is 11.9 Å². The summed E-state index contributed by atoms with van der Waals surface area (Å²) < 4.78 is 1.59. The number of hydrogen-bond acceptors (Lipinski definition) is 6. The van der Waals surface area contributed by atoms with Crippen molar-refractivity contribution in [3.05, 3.63) is 46.6 Å². The second-order valence-electron chi connectivity index (χ2n) is 6.65. The van der Waals surface area contributed by atoms with Crippen molar-refractivity contribution in [1.82, 2.24) is 24.4 Å². The summed E-state index contributed by atoms with van der Waals surface area (Å²) in [6, 6.07) is 10.5. The number of rotatable bonds is 5. The highest BCUT2D eigenvalue weighted by Crippen LogP contribution is 2.40. The van der Waals surface area contributed by atoms with Gasteiger partial charge in [-0.2, -0.15) is 4.52 Å². The van der Waals surface area contributed by atoms with Gasteiger partial charge in [0.05, 0.1) is 10.9 Å². The molecule has 3 heterocycles. The minimum Gasteiger partial charge on any atom is -0.492 e. The van der Waals surface area contributed by atoms with Crippen LogP contribution in [0.3, 0.4) is 0 Å². The summed E-state index contributed by atoms with van der Waals surface area (Å²) in [5, 5.41) is 15.3. The lowest BCUT2D eigenvalue weighted by atomic mass is 10.0. The van der Waals surface area contributed by atoms with E-state index in [1.165, 1.54) is 5.56 Å². The van der Waals surface area contributed by atoms with Gasteiger partial charge in [-0.25, -0.2) is 4.98 Å². The Balaban J connectivity index is 1.74. The molecule has 4 rings (SSSR count). The molecule has 0 unspecified atom stereocenters. The number of likely N-dealkylation sites (N-methyl/N-ethyl adjacent to an activating group) is 1. The predicted octanol–water partition coefficient (Wildman–Crippen LogP) is 2.79.